The number of rotatable bonds is 5. The first-order chi connectivity index (χ1) is 4.76. The summed E-state index contributed by atoms with van der Waals surface area (Å²) < 4.78 is 5.18. The van der Waals surface area contributed by atoms with E-state index < -0.39 is 8.15 Å². The SMILES string of the molecule is CCCP(OC)C(=N)CC. The lowest BCUT2D eigenvalue weighted by atomic mass is 10.5. The van der Waals surface area contributed by atoms with Gasteiger partial charge >= 0.3 is 0 Å². The molecule has 0 spiro atoms. The molecule has 0 amide bonds. The predicted molar refractivity (Wildman–Crippen MR) is 47.1 cm³/mol. The molecule has 1 unspecified atom stereocenters. The van der Waals surface area contributed by atoms with Crippen LogP contribution in [-0.2, 0) is 4.52 Å². The lowest BCUT2D eigenvalue weighted by molar-refractivity contribution is 0.468. The monoisotopic (exact) mass is 161 g/mol. The first kappa shape index (κ1) is 10.1. The molecule has 0 aromatic carbocycles. The maximum absolute atomic E-state index is 7.50. The zero-order valence-corrected chi connectivity index (χ0v) is 7.87. The van der Waals surface area contributed by atoms with Crippen LogP contribution in [0.4, 0.5) is 0 Å². The van der Waals surface area contributed by atoms with Crippen LogP contribution in [0.2, 0.25) is 0 Å². The van der Waals surface area contributed by atoms with E-state index in [1.165, 1.54) is 0 Å². The van der Waals surface area contributed by atoms with Crippen molar-refractivity contribution in [3.05, 3.63) is 0 Å². The summed E-state index contributed by atoms with van der Waals surface area (Å²) in [4.78, 5) is 0. The van der Waals surface area contributed by atoms with Gasteiger partial charge in [-0.2, -0.15) is 0 Å². The zero-order valence-electron chi connectivity index (χ0n) is 6.98. The summed E-state index contributed by atoms with van der Waals surface area (Å²) in [6.45, 7) is 4.13. The van der Waals surface area contributed by atoms with Crippen LogP contribution in [-0.4, -0.2) is 18.7 Å². The summed E-state index contributed by atoms with van der Waals surface area (Å²) in [5, 5.41) is 7.50. The highest BCUT2D eigenvalue weighted by atomic mass is 31.1. The Balaban J connectivity index is 3.68. The molecular formula is C7H16NOP. The Morgan fingerprint density at radius 1 is 1.50 bits per heavy atom. The Hall–Kier alpha value is 0.0600. The Bertz CT molecular complexity index is 106. The molecule has 2 nitrogen and oxygen atoms in total. The second kappa shape index (κ2) is 5.82. The van der Waals surface area contributed by atoms with Crippen molar-refractivity contribution in [1.29, 1.82) is 5.41 Å². The molecular weight excluding hydrogens is 145 g/mol. The summed E-state index contributed by atoms with van der Waals surface area (Å²) in [5.41, 5.74) is 0.777. The average molecular weight is 161 g/mol. The Labute approximate surface area is 64.3 Å². The largest absolute Gasteiger partial charge is 0.356 e. The van der Waals surface area contributed by atoms with E-state index in [4.69, 9.17) is 9.93 Å². The normalized spacial score (nSPS) is 13.1. The first-order valence-corrected chi connectivity index (χ1v) is 5.09. The fraction of sp³-hybridized carbons (Fsp3) is 0.857. The summed E-state index contributed by atoms with van der Waals surface area (Å²) in [6.07, 6.45) is 2.99. The lowest BCUT2D eigenvalue weighted by Gasteiger charge is -2.13. The number of hydrogen-bond acceptors (Lipinski definition) is 2. The van der Waals surface area contributed by atoms with E-state index in [2.05, 4.69) is 6.92 Å². The van der Waals surface area contributed by atoms with Crippen LogP contribution in [0.3, 0.4) is 0 Å². The quantitative estimate of drug-likeness (QED) is 0.488. The minimum Gasteiger partial charge on any atom is -0.356 e. The molecule has 0 aliphatic rings. The van der Waals surface area contributed by atoms with Gasteiger partial charge in [-0.1, -0.05) is 13.8 Å². The van der Waals surface area contributed by atoms with Crippen molar-refractivity contribution in [3.63, 3.8) is 0 Å². The molecule has 0 heterocycles. The number of nitrogens with one attached hydrogen (secondary N) is 1. The van der Waals surface area contributed by atoms with Gasteiger partial charge in [-0.25, -0.2) is 0 Å². The van der Waals surface area contributed by atoms with E-state index in [0.717, 1.165) is 24.5 Å². The molecule has 0 radical (unpaired) electrons. The van der Waals surface area contributed by atoms with Crippen molar-refractivity contribution in [2.45, 2.75) is 26.7 Å². The topological polar surface area (TPSA) is 33.1 Å². The van der Waals surface area contributed by atoms with Crippen LogP contribution >= 0.6 is 8.15 Å². The van der Waals surface area contributed by atoms with E-state index >= 15 is 0 Å². The summed E-state index contributed by atoms with van der Waals surface area (Å²) in [7, 11) is 1.16. The van der Waals surface area contributed by atoms with Gasteiger partial charge in [-0.3, -0.25) is 0 Å². The van der Waals surface area contributed by atoms with Gasteiger partial charge < -0.3 is 9.93 Å². The van der Waals surface area contributed by atoms with Gasteiger partial charge in [-0.15, -0.1) is 0 Å². The molecule has 0 aliphatic heterocycles. The number of hydrogen-bond donors (Lipinski definition) is 1. The third-order valence-electron chi connectivity index (χ3n) is 1.28. The second-order valence-electron chi connectivity index (χ2n) is 2.08. The molecule has 0 aromatic rings. The minimum atomic E-state index is -0.537. The van der Waals surface area contributed by atoms with Crippen molar-refractivity contribution < 1.29 is 4.52 Å². The molecule has 0 rings (SSSR count). The van der Waals surface area contributed by atoms with Crippen LogP contribution < -0.4 is 0 Å². The molecule has 1 atom stereocenters. The third-order valence-corrected chi connectivity index (χ3v) is 3.50. The van der Waals surface area contributed by atoms with Gasteiger partial charge in [0.1, 0.15) is 0 Å². The van der Waals surface area contributed by atoms with Crippen LogP contribution in [0, 0.1) is 5.41 Å². The first-order valence-electron chi connectivity index (χ1n) is 3.65. The van der Waals surface area contributed by atoms with Crippen molar-refractivity contribution in [3.8, 4) is 0 Å². The van der Waals surface area contributed by atoms with E-state index in [0.29, 0.717) is 0 Å². The molecule has 0 fully saturated rings. The molecule has 0 aliphatic carbocycles. The predicted octanol–water partition coefficient (Wildman–Crippen LogP) is 2.83. The van der Waals surface area contributed by atoms with E-state index in [1.54, 1.807) is 7.11 Å². The molecule has 0 aromatic heterocycles. The molecule has 3 heteroatoms. The van der Waals surface area contributed by atoms with Crippen molar-refractivity contribution >= 4 is 13.6 Å². The standard InChI is InChI=1S/C7H16NOP/c1-4-6-10(9-3)7(8)5-2/h8H,4-6H2,1-3H3. The van der Waals surface area contributed by atoms with Crippen LogP contribution in [0.5, 0.6) is 0 Å². The zero-order chi connectivity index (χ0) is 7.98. The van der Waals surface area contributed by atoms with Gasteiger partial charge in [-0.05, 0) is 19.0 Å². The van der Waals surface area contributed by atoms with Gasteiger partial charge in [0.15, 0.2) is 0 Å². The highest BCUT2D eigenvalue weighted by molar-refractivity contribution is 7.70. The molecule has 1 N–H and O–H groups in total. The molecule has 60 valence electrons. The van der Waals surface area contributed by atoms with E-state index in [1.807, 2.05) is 6.92 Å². The fourth-order valence-corrected chi connectivity index (χ4v) is 2.15. The van der Waals surface area contributed by atoms with E-state index in [-0.39, 0.29) is 0 Å². The Morgan fingerprint density at radius 3 is 2.40 bits per heavy atom. The van der Waals surface area contributed by atoms with Gasteiger partial charge in [0, 0.05) is 7.11 Å². The molecule has 0 saturated heterocycles. The van der Waals surface area contributed by atoms with Crippen LogP contribution in [0.15, 0.2) is 0 Å². The smallest absolute Gasteiger partial charge is 0.0737 e. The highest BCUT2D eigenvalue weighted by Gasteiger charge is 2.09. The van der Waals surface area contributed by atoms with E-state index in [9.17, 15) is 0 Å². The minimum absolute atomic E-state index is 0.537. The Kier molecular flexibility index (Phi) is 5.85. The highest BCUT2D eigenvalue weighted by Crippen LogP contribution is 2.38. The summed E-state index contributed by atoms with van der Waals surface area (Å²) in [5.74, 6) is 0. The maximum atomic E-state index is 7.50. The van der Waals surface area contributed by atoms with Crippen molar-refractivity contribution in [1.82, 2.24) is 0 Å². The molecule has 0 bridgehead atoms. The van der Waals surface area contributed by atoms with Crippen LogP contribution in [0.1, 0.15) is 26.7 Å². The van der Waals surface area contributed by atoms with Crippen molar-refractivity contribution in [2.75, 3.05) is 13.3 Å². The average Bonchev–Trinajstić information content (AvgIpc) is 1.99. The summed E-state index contributed by atoms with van der Waals surface area (Å²) >= 11 is 0. The van der Waals surface area contributed by atoms with Gasteiger partial charge in [0.25, 0.3) is 0 Å². The van der Waals surface area contributed by atoms with Gasteiger partial charge in [0.2, 0.25) is 0 Å². The fourth-order valence-electron chi connectivity index (χ4n) is 0.716. The second-order valence-corrected chi connectivity index (χ2v) is 4.19. The van der Waals surface area contributed by atoms with Crippen LogP contribution in [0.25, 0.3) is 0 Å². The Morgan fingerprint density at radius 2 is 2.10 bits per heavy atom. The molecule has 10 heavy (non-hydrogen) atoms. The van der Waals surface area contributed by atoms with Crippen molar-refractivity contribution in [2.24, 2.45) is 0 Å². The molecule has 0 saturated carbocycles. The summed E-state index contributed by atoms with van der Waals surface area (Å²) in [6, 6.07) is 0. The maximum Gasteiger partial charge on any atom is 0.0737 e. The van der Waals surface area contributed by atoms with Gasteiger partial charge in [0.05, 0.1) is 13.6 Å². The third kappa shape index (κ3) is 3.28. The lowest BCUT2D eigenvalue weighted by Crippen LogP contribution is -1.96.